The van der Waals surface area contributed by atoms with Gasteiger partial charge in [-0.25, -0.2) is 0 Å². The maximum absolute atomic E-state index is 12.4. The highest BCUT2D eigenvalue weighted by molar-refractivity contribution is 5.97. The maximum atomic E-state index is 12.4. The quantitative estimate of drug-likeness (QED) is 0.745. The molecular weight excluding hydrogens is 296 g/mol. The van der Waals surface area contributed by atoms with Gasteiger partial charge in [0, 0.05) is 17.8 Å². The minimum atomic E-state index is -0.942. The first-order chi connectivity index (χ1) is 11.0. The lowest BCUT2D eigenvalue weighted by molar-refractivity contribution is -0.146. The van der Waals surface area contributed by atoms with Crippen LogP contribution in [-0.4, -0.2) is 22.9 Å². The molecule has 1 aromatic carbocycles. The van der Waals surface area contributed by atoms with Gasteiger partial charge in [-0.1, -0.05) is 12.2 Å². The number of carbonyl (C=O) groups excluding carboxylic acids is 2. The molecule has 0 aromatic heterocycles. The molecule has 1 heterocycles. The molecule has 0 bridgehead atoms. The second-order valence-electron chi connectivity index (χ2n) is 5.90. The zero-order valence-electron chi connectivity index (χ0n) is 12.5. The Kier molecular flexibility index (Phi) is 4.14. The van der Waals surface area contributed by atoms with Crippen molar-refractivity contribution in [1.29, 1.82) is 0 Å². The zero-order chi connectivity index (χ0) is 16.4. The largest absolute Gasteiger partial charge is 0.481 e. The SMILES string of the molecule is O=C1CCc2cc(NC(=O)C3CC=CCC3C(=O)O)ccc2N1. The van der Waals surface area contributed by atoms with Crippen molar-refractivity contribution in [1.82, 2.24) is 0 Å². The third kappa shape index (κ3) is 3.26. The number of anilines is 2. The summed E-state index contributed by atoms with van der Waals surface area (Å²) in [7, 11) is 0. The number of nitrogens with one attached hydrogen (secondary N) is 2. The van der Waals surface area contributed by atoms with Gasteiger partial charge in [-0.15, -0.1) is 0 Å². The molecule has 120 valence electrons. The van der Waals surface area contributed by atoms with Crippen LogP contribution in [0.15, 0.2) is 30.4 Å². The Morgan fingerprint density at radius 3 is 2.61 bits per heavy atom. The zero-order valence-corrected chi connectivity index (χ0v) is 12.5. The highest BCUT2D eigenvalue weighted by Gasteiger charge is 2.34. The first-order valence-corrected chi connectivity index (χ1v) is 7.66. The van der Waals surface area contributed by atoms with E-state index in [2.05, 4.69) is 10.6 Å². The topological polar surface area (TPSA) is 95.5 Å². The predicted octanol–water partition coefficient (Wildman–Crippen LogP) is 2.18. The molecule has 6 nitrogen and oxygen atoms in total. The first kappa shape index (κ1) is 15.3. The van der Waals surface area contributed by atoms with Crippen LogP contribution in [0.1, 0.15) is 24.8 Å². The number of amides is 2. The van der Waals surface area contributed by atoms with Crippen LogP contribution in [0.5, 0.6) is 0 Å². The summed E-state index contributed by atoms with van der Waals surface area (Å²) in [6.45, 7) is 0. The van der Waals surface area contributed by atoms with Gasteiger partial charge in [0.15, 0.2) is 0 Å². The normalized spacial score (nSPS) is 22.9. The van der Waals surface area contributed by atoms with E-state index in [1.54, 1.807) is 12.1 Å². The fourth-order valence-electron chi connectivity index (χ4n) is 3.07. The van der Waals surface area contributed by atoms with E-state index in [9.17, 15) is 19.5 Å². The van der Waals surface area contributed by atoms with E-state index >= 15 is 0 Å². The Morgan fingerprint density at radius 1 is 1.13 bits per heavy atom. The summed E-state index contributed by atoms with van der Waals surface area (Å²) >= 11 is 0. The molecule has 2 aliphatic rings. The molecule has 1 aliphatic carbocycles. The van der Waals surface area contributed by atoms with Crippen LogP contribution in [-0.2, 0) is 20.8 Å². The number of rotatable bonds is 3. The van der Waals surface area contributed by atoms with Crippen molar-refractivity contribution in [2.24, 2.45) is 11.8 Å². The van der Waals surface area contributed by atoms with Gasteiger partial charge in [0.2, 0.25) is 11.8 Å². The van der Waals surface area contributed by atoms with Crippen LogP contribution in [0.4, 0.5) is 11.4 Å². The summed E-state index contributed by atoms with van der Waals surface area (Å²) in [6.07, 6.45) is 5.54. The lowest BCUT2D eigenvalue weighted by Crippen LogP contribution is -2.34. The van der Waals surface area contributed by atoms with E-state index in [1.807, 2.05) is 18.2 Å². The molecular formula is C17H18N2O4. The van der Waals surface area contributed by atoms with Crippen LogP contribution in [0, 0.1) is 11.8 Å². The molecule has 23 heavy (non-hydrogen) atoms. The Hall–Kier alpha value is -2.63. The molecule has 3 rings (SSSR count). The average molecular weight is 314 g/mol. The Bertz CT molecular complexity index is 696. The molecule has 0 saturated heterocycles. The molecule has 0 fully saturated rings. The lowest BCUT2D eigenvalue weighted by atomic mass is 9.82. The van der Waals surface area contributed by atoms with Gasteiger partial charge in [-0.05, 0) is 43.0 Å². The van der Waals surface area contributed by atoms with Gasteiger partial charge in [0.05, 0.1) is 11.8 Å². The van der Waals surface area contributed by atoms with Crippen molar-refractivity contribution < 1.29 is 19.5 Å². The number of hydrogen-bond acceptors (Lipinski definition) is 3. The van der Waals surface area contributed by atoms with Crippen LogP contribution >= 0.6 is 0 Å². The molecule has 0 spiro atoms. The van der Waals surface area contributed by atoms with Crippen LogP contribution < -0.4 is 10.6 Å². The van der Waals surface area contributed by atoms with Crippen LogP contribution in [0.3, 0.4) is 0 Å². The summed E-state index contributed by atoms with van der Waals surface area (Å²) in [4.78, 5) is 35.1. The van der Waals surface area contributed by atoms with Crippen LogP contribution in [0.2, 0.25) is 0 Å². The second kappa shape index (κ2) is 6.24. The molecule has 3 N–H and O–H groups in total. The van der Waals surface area contributed by atoms with E-state index in [1.165, 1.54) is 0 Å². The number of carboxylic acid groups (broad SMARTS) is 1. The number of aliphatic carboxylic acids is 1. The number of carboxylic acids is 1. The number of aryl methyl sites for hydroxylation is 1. The third-order valence-corrected chi connectivity index (χ3v) is 4.35. The van der Waals surface area contributed by atoms with Gasteiger partial charge in [-0.3, -0.25) is 14.4 Å². The van der Waals surface area contributed by atoms with E-state index in [0.29, 0.717) is 31.4 Å². The Balaban J connectivity index is 1.74. The van der Waals surface area contributed by atoms with Gasteiger partial charge < -0.3 is 15.7 Å². The van der Waals surface area contributed by atoms with Gasteiger partial charge in [0.1, 0.15) is 0 Å². The predicted molar refractivity (Wildman–Crippen MR) is 85.0 cm³/mol. The van der Waals surface area contributed by atoms with E-state index in [0.717, 1.165) is 11.3 Å². The fraction of sp³-hybridized carbons (Fsp3) is 0.353. The minimum absolute atomic E-state index is 0.00687. The molecule has 2 amide bonds. The van der Waals surface area contributed by atoms with Crippen LogP contribution in [0.25, 0.3) is 0 Å². The molecule has 1 aliphatic heterocycles. The number of fused-ring (bicyclic) bond motifs is 1. The molecule has 2 atom stereocenters. The molecule has 0 radical (unpaired) electrons. The van der Waals surface area contributed by atoms with Crippen molar-refractivity contribution in [3.05, 3.63) is 35.9 Å². The maximum Gasteiger partial charge on any atom is 0.307 e. The van der Waals surface area contributed by atoms with Crippen molar-refractivity contribution in [2.75, 3.05) is 10.6 Å². The lowest BCUT2D eigenvalue weighted by Gasteiger charge is -2.24. The summed E-state index contributed by atoms with van der Waals surface area (Å²) in [5.74, 6) is -2.47. The average Bonchev–Trinajstić information content (AvgIpc) is 2.55. The summed E-state index contributed by atoms with van der Waals surface area (Å²) in [6, 6.07) is 5.31. The first-order valence-electron chi connectivity index (χ1n) is 7.66. The molecule has 2 unspecified atom stereocenters. The number of carbonyl (C=O) groups is 3. The second-order valence-corrected chi connectivity index (χ2v) is 5.90. The van der Waals surface area contributed by atoms with Crippen molar-refractivity contribution >= 4 is 29.2 Å². The fourth-order valence-corrected chi connectivity index (χ4v) is 3.07. The van der Waals surface area contributed by atoms with Crippen molar-refractivity contribution in [2.45, 2.75) is 25.7 Å². The summed E-state index contributed by atoms with van der Waals surface area (Å²) in [5.41, 5.74) is 2.37. The minimum Gasteiger partial charge on any atom is -0.481 e. The highest BCUT2D eigenvalue weighted by Crippen LogP contribution is 2.29. The number of hydrogen-bond donors (Lipinski definition) is 3. The monoisotopic (exact) mass is 314 g/mol. The standard InChI is InChI=1S/C17H18N2O4/c20-15-8-5-10-9-11(6-7-14(10)19-15)18-16(21)12-3-1-2-4-13(12)17(22)23/h1-2,6-7,9,12-13H,3-5,8H2,(H,18,21)(H,19,20)(H,22,23). The van der Waals surface area contributed by atoms with Gasteiger partial charge in [0.25, 0.3) is 0 Å². The van der Waals surface area contributed by atoms with Crippen molar-refractivity contribution in [3.63, 3.8) is 0 Å². The summed E-state index contributed by atoms with van der Waals surface area (Å²) in [5, 5.41) is 14.8. The highest BCUT2D eigenvalue weighted by atomic mass is 16.4. The number of allylic oxidation sites excluding steroid dienone is 2. The summed E-state index contributed by atoms with van der Waals surface area (Å²) < 4.78 is 0. The third-order valence-electron chi connectivity index (χ3n) is 4.35. The Morgan fingerprint density at radius 2 is 1.87 bits per heavy atom. The van der Waals surface area contributed by atoms with Crippen molar-refractivity contribution in [3.8, 4) is 0 Å². The molecule has 1 aromatic rings. The van der Waals surface area contributed by atoms with E-state index < -0.39 is 17.8 Å². The number of benzene rings is 1. The van der Waals surface area contributed by atoms with E-state index in [4.69, 9.17) is 0 Å². The molecule has 6 heteroatoms. The molecule has 0 saturated carbocycles. The van der Waals surface area contributed by atoms with E-state index in [-0.39, 0.29) is 11.8 Å². The smallest absolute Gasteiger partial charge is 0.307 e. The van der Waals surface area contributed by atoms with Gasteiger partial charge in [-0.2, -0.15) is 0 Å². The van der Waals surface area contributed by atoms with Gasteiger partial charge >= 0.3 is 5.97 Å². The Labute approximate surface area is 133 Å².